The Hall–Kier alpha value is -0.550. The molecule has 0 aromatic rings. The molecule has 0 atom stereocenters. The Labute approximate surface area is 81.3 Å². The Bertz CT molecular complexity index is 170. The summed E-state index contributed by atoms with van der Waals surface area (Å²) in [7, 11) is 1.81. The van der Waals surface area contributed by atoms with Gasteiger partial charge in [0, 0.05) is 13.3 Å². The minimum absolute atomic E-state index is 0.635. The fraction of sp³-hybridized carbons (Fsp3) is 0.571. The first-order valence-corrected chi connectivity index (χ1v) is 4.47. The Morgan fingerprint density at radius 2 is 2.42 bits per heavy atom. The molecule has 0 aliphatic heterocycles. The summed E-state index contributed by atoms with van der Waals surface area (Å²) in [5, 5.41) is 5.40. The molecule has 0 rings (SSSR count). The van der Waals surface area contributed by atoms with Crippen molar-refractivity contribution in [2.75, 3.05) is 13.7 Å². The van der Waals surface area contributed by atoms with Crippen LogP contribution >= 0.6 is 15.9 Å². The first-order valence-electron chi connectivity index (χ1n) is 3.67. The van der Waals surface area contributed by atoms with E-state index in [1.165, 1.54) is 0 Å². The maximum Gasteiger partial charge on any atom is 0.123 e. The Morgan fingerprint density at radius 1 is 1.75 bits per heavy atom. The number of hydrogen-bond acceptors (Lipinski definition) is 4. The molecule has 0 saturated heterocycles. The van der Waals surface area contributed by atoms with Gasteiger partial charge in [0.2, 0.25) is 0 Å². The standard InChI is InChI=1S/C7H14BrN3O/c1-4-9-10-6-7(8)11(3)12-5-2/h4,6,10H,5H2,1-3H3/b7-6-,9-4-. The SMILES string of the molecule is C/C=N\N/C=C(/Br)N(C)OCC. The van der Waals surface area contributed by atoms with Crippen molar-refractivity contribution in [3.63, 3.8) is 0 Å². The van der Waals surface area contributed by atoms with E-state index in [0.29, 0.717) is 6.61 Å². The van der Waals surface area contributed by atoms with Gasteiger partial charge in [-0.1, -0.05) is 0 Å². The normalized spacial score (nSPS) is 12.2. The number of halogens is 1. The van der Waals surface area contributed by atoms with Crippen molar-refractivity contribution in [3.8, 4) is 0 Å². The number of nitrogens with one attached hydrogen (secondary N) is 1. The molecule has 12 heavy (non-hydrogen) atoms. The summed E-state index contributed by atoms with van der Waals surface area (Å²) in [6.07, 6.45) is 3.35. The number of hydrazone groups is 1. The fourth-order valence-electron chi connectivity index (χ4n) is 0.511. The molecule has 0 radical (unpaired) electrons. The van der Waals surface area contributed by atoms with E-state index < -0.39 is 0 Å². The first kappa shape index (κ1) is 11.4. The molecule has 0 aliphatic carbocycles. The Balaban J connectivity index is 3.81. The van der Waals surface area contributed by atoms with Gasteiger partial charge in [0.1, 0.15) is 4.61 Å². The van der Waals surface area contributed by atoms with E-state index in [1.54, 1.807) is 24.5 Å². The van der Waals surface area contributed by atoms with Crippen molar-refractivity contribution in [2.45, 2.75) is 13.8 Å². The van der Waals surface area contributed by atoms with Crippen LogP contribution in [0, 0.1) is 0 Å². The number of nitrogens with zero attached hydrogens (tertiary/aromatic N) is 2. The van der Waals surface area contributed by atoms with Gasteiger partial charge in [-0.15, -0.1) is 0 Å². The quantitative estimate of drug-likeness (QED) is 0.448. The van der Waals surface area contributed by atoms with Gasteiger partial charge in [-0.05, 0) is 29.8 Å². The van der Waals surface area contributed by atoms with Gasteiger partial charge in [-0.2, -0.15) is 5.10 Å². The number of hydroxylamine groups is 2. The van der Waals surface area contributed by atoms with E-state index >= 15 is 0 Å². The number of rotatable bonds is 5. The van der Waals surface area contributed by atoms with Crippen LogP contribution in [0.25, 0.3) is 0 Å². The van der Waals surface area contributed by atoms with Crippen molar-refractivity contribution in [1.29, 1.82) is 0 Å². The average molecular weight is 236 g/mol. The maximum atomic E-state index is 5.16. The molecule has 0 aromatic heterocycles. The lowest BCUT2D eigenvalue weighted by molar-refractivity contribution is -0.0970. The molecule has 70 valence electrons. The van der Waals surface area contributed by atoms with Crippen LogP contribution in [0.2, 0.25) is 0 Å². The highest BCUT2D eigenvalue weighted by molar-refractivity contribution is 9.11. The van der Waals surface area contributed by atoms with E-state index in [0.717, 1.165) is 4.61 Å². The zero-order chi connectivity index (χ0) is 9.40. The predicted molar refractivity (Wildman–Crippen MR) is 53.7 cm³/mol. The highest BCUT2D eigenvalue weighted by atomic mass is 79.9. The molecule has 0 spiro atoms. The zero-order valence-corrected chi connectivity index (χ0v) is 9.13. The summed E-state index contributed by atoms with van der Waals surface area (Å²) < 4.78 is 0.787. The predicted octanol–water partition coefficient (Wildman–Crippen LogP) is 1.66. The minimum Gasteiger partial charge on any atom is -0.283 e. The molecule has 0 heterocycles. The van der Waals surface area contributed by atoms with Gasteiger partial charge in [0.15, 0.2) is 0 Å². The Morgan fingerprint density at radius 3 is 2.92 bits per heavy atom. The third-order valence-corrected chi connectivity index (χ3v) is 1.74. The molecule has 0 saturated carbocycles. The molecule has 0 aromatic carbocycles. The van der Waals surface area contributed by atoms with Crippen LogP contribution in [0.15, 0.2) is 15.9 Å². The Kier molecular flexibility index (Phi) is 6.79. The molecule has 0 fully saturated rings. The highest BCUT2D eigenvalue weighted by Crippen LogP contribution is 2.08. The maximum absolute atomic E-state index is 5.16. The fourth-order valence-corrected chi connectivity index (χ4v) is 0.716. The summed E-state index contributed by atoms with van der Waals surface area (Å²) in [6, 6.07) is 0. The lowest BCUT2D eigenvalue weighted by atomic mass is 10.8. The smallest absolute Gasteiger partial charge is 0.123 e. The van der Waals surface area contributed by atoms with E-state index in [-0.39, 0.29) is 0 Å². The molecule has 0 unspecified atom stereocenters. The van der Waals surface area contributed by atoms with Crippen LogP contribution in [-0.2, 0) is 4.84 Å². The largest absolute Gasteiger partial charge is 0.283 e. The molecular weight excluding hydrogens is 222 g/mol. The van der Waals surface area contributed by atoms with Gasteiger partial charge in [-0.3, -0.25) is 10.3 Å². The molecule has 4 nitrogen and oxygen atoms in total. The minimum atomic E-state index is 0.635. The topological polar surface area (TPSA) is 36.9 Å². The van der Waals surface area contributed by atoms with Gasteiger partial charge in [-0.25, -0.2) is 5.06 Å². The molecule has 5 heteroatoms. The van der Waals surface area contributed by atoms with Crippen molar-refractivity contribution in [1.82, 2.24) is 10.5 Å². The zero-order valence-electron chi connectivity index (χ0n) is 7.54. The average Bonchev–Trinajstić information content (AvgIpc) is 2.05. The van der Waals surface area contributed by atoms with E-state index in [4.69, 9.17) is 4.84 Å². The second-order valence-corrected chi connectivity index (χ2v) is 2.71. The van der Waals surface area contributed by atoms with Gasteiger partial charge in [0.25, 0.3) is 0 Å². The monoisotopic (exact) mass is 235 g/mol. The summed E-state index contributed by atoms with van der Waals surface area (Å²) in [6.45, 7) is 4.39. The molecule has 0 bridgehead atoms. The third kappa shape index (κ3) is 5.15. The van der Waals surface area contributed by atoms with E-state index in [9.17, 15) is 0 Å². The van der Waals surface area contributed by atoms with Crippen molar-refractivity contribution in [3.05, 3.63) is 10.8 Å². The lowest BCUT2D eigenvalue weighted by Gasteiger charge is -2.15. The lowest BCUT2D eigenvalue weighted by Crippen LogP contribution is -2.16. The van der Waals surface area contributed by atoms with Crippen LogP contribution < -0.4 is 5.43 Å². The summed E-state index contributed by atoms with van der Waals surface area (Å²) in [5.74, 6) is 0. The van der Waals surface area contributed by atoms with Crippen molar-refractivity contribution >= 4 is 22.1 Å². The second kappa shape index (κ2) is 7.12. The van der Waals surface area contributed by atoms with Crippen molar-refractivity contribution in [2.24, 2.45) is 5.10 Å². The van der Waals surface area contributed by atoms with Gasteiger partial charge < -0.3 is 0 Å². The third-order valence-electron chi connectivity index (χ3n) is 1.01. The molecule has 0 aliphatic rings. The summed E-state index contributed by atoms with van der Waals surface area (Å²) in [5.41, 5.74) is 2.71. The molecule has 0 amide bonds. The molecule has 1 N–H and O–H groups in total. The van der Waals surface area contributed by atoms with E-state index in [1.807, 2.05) is 13.8 Å². The second-order valence-electron chi connectivity index (χ2n) is 1.90. The molecular formula is C7H14BrN3O. The van der Waals surface area contributed by atoms with Gasteiger partial charge in [0.05, 0.1) is 12.8 Å². The summed E-state index contributed by atoms with van der Waals surface area (Å²) in [4.78, 5) is 5.16. The van der Waals surface area contributed by atoms with Crippen LogP contribution in [-0.4, -0.2) is 24.9 Å². The van der Waals surface area contributed by atoms with Gasteiger partial charge >= 0.3 is 0 Å². The van der Waals surface area contributed by atoms with E-state index in [2.05, 4.69) is 26.5 Å². The first-order chi connectivity index (χ1) is 5.72. The summed E-state index contributed by atoms with van der Waals surface area (Å²) >= 11 is 3.30. The van der Waals surface area contributed by atoms with Crippen LogP contribution in [0.1, 0.15) is 13.8 Å². The van der Waals surface area contributed by atoms with Crippen molar-refractivity contribution < 1.29 is 4.84 Å². The highest BCUT2D eigenvalue weighted by Gasteiger charge is 1.97. The van der Waals surface area contributed by atoms with Crippen LogP contribution in [0.5, 0.6) is 0 Å². The van der Waals surface area contributed by atoms with Crippen LogP contribution in [0.4, 0.5) is 0 Å². The van der Waals surface area contributed by atoms with Crippen LogP contribution in [0.3, 0.4) is 0 Å². The number of hydrogen-bond donors (Lipinski definition) is 1.